The number of rotatable bonds is 4. The molecule has 19 heavy (non-hydrogen) atoms. The van der Waals surface area contributed by atoms with Crippen molar-refractivity contribution < 1.29 is 0 Å². The van der Waals surface area contributed by atoms with E-state index in [1.165, 1.54) is 0 Å². The van der Waals surface area contributed by atoms with E-state index in [0.717, 1.165) is 24.0 Å². The Morgan fingerprint density at radius 1 is 1.11 bits per heavy atom. The molecule has 1 heterocycles. The number of hydrogen-bond donors (Lipinski definition) is 1. The highest BCUT2D eigenvalue weighted by Gasteiger charge is 2.26. The summed E-state index contributed by atoms with van der Waals surface area (Å²) in [6, 6.07) is 7.66. The molecule has 1 aromatic heterocycles. The van der Waals surface area contributed by atoms with Crippen molar-refractivity contribution in [1.82, 2.24) is 9.97 Å². The lowest BCUT2D eigenvalue weighted by molar-refractivity contribution is 0.387. The van der Waals surface area contributed by atoms with Gasteiger partial charge in [0.25, 0.3) is 0 Å². The Morgan fingerprint density at radius 3 is 2.21 bits per heavy atom. The maximum Gasteiger partial charge on any atom is 0.148 e. The third-order valence-electron chi connectivity index (χ3n) is 3.54. The van der Waals surface area contributed by atoms with Gasteiger partial charge in [-0.25, -0.2) is 9.97 Å². The highest BCUT2D eigenvalue weighted by molar-refractivity contribution is 6.33. The molecule has 0 aliphatic carbocycles. The molecule has 2 aromatic rings. The highest BCUT2D eigenvalue weighted by atomic mass is 35.5. The fourth-order valence-electron chi connectivity index (χ4n) is 1.99. The number of nitrogens with two attached hydrogens (primary N) is 1. The van der Waals surface area contributed by atoms with Gasteiger partial charge in [-0.3, -0.25) is 0 Å². The van der Waals surface area contributed by atoms with Gasteiger partial charge in [0.1, 0.15) is 5.82 Å². The Kier molecular flexibility index (Phi) is 4.17. The molecule has 1 aromatic carbocycles. The third kappa shape index (κ3) is 2.77. The van der Waals surface area contributed by atoms with Crippen molar-refractivity contribution in [1.29, 1.82) is 0 Å². The van der Waals surface area contributed by atoms with E-state index in [1.54, 1.807) is 12.4 Å². The average Bonchev–Trinajstić information content (AvgIpc) is 2.47. The minimum Gasteiger partial charge on any atom is -0.319 e. The predicted octanol–water partition coefficient (Wildman–Crippen LogP) is 3.77. The van der Waals surface area contributed by atoms with E-state index in [0.29, 0.717) is 10.8 Å². The molecule has 100 valence electrons. The minimum absolute atomic E-state index is 0.445. The Balaban J connectivity index is 2.37. The van der Waals surface area contributed by atoms with Crippen LogP contribution in [0, 0.1) is 0 Å². The van der Waals surface area contributed by atoms with E-state index < -0.39 is 5.54 Å². The summed E-state index contributed by atoms with van der Waals surface area (Å²) in [4.78, 5) is 8.83. The van der Waals surface area contributed by atoms with Gasteiger partial charge in [0.2, 0.25) is 0 Å². The first kappa shape index (κ1) is 14.0. The van der Waals surface area contributed by atoms with Gasteiger partial charge in [0, 0.05) is 28.5 Å². The largest absolute Gasteiger partial charge is 0.319 e. The average molecular weight is 276 g/mol. The van der Waals surface area contributed by atoms with E-state index >= 15 is 0 Å². The Labute approximate surface area is 118 Å². The van der Waals surface area contributed by atoms with Gasteiger partial charge in [-0.1, -0.05) is 43.6 Å². The molecular weight excluding hydrogens is 258 g/mol. The van der Waals surface area contributed by atoms with Crippen molar-refractivity contribution in [3.63, 3.8) is 0 Å². The topological polar surface area (TPSA) is 51.8 Å². The number of hydrogen-bond acceptors (Lipinski definition) is 3. The van der Waals surface area contributed by atoms with Crippen LogP contribution in [0.3, 0.4) is 0 Å². The van der Waals surface area contributed by atoms with E-state index in [1.807, 2.05) is 24.3 Å². The summed E-state index contributed by atoms with van der Waals surface area (Å²) in [5.74, 6) is 0.688. The Hall–Kier alpha value is -1.45. The van der Waals surface area contributed by atoms with Crippen molar-refractivity contribution in [2.45, 2.75) is 32.2 Å². The summed E-state index contributed by atoms with van der Waals surface area (Å²) < 4.78 is 0. The van der Waals surface area contributed by atoms with Crippen molar-refractivity contribution >= 4 is 11.6 Å². The fourth-order valence-corrected chi connectivity index (χ4v) is 2.23. The van der Waals surface area contributed by atoms with Crippen molar-refractivity contribution in [2.24, 2.45) is 5.73 Å². The van der Waals surface area contributed by atoms with Gasteiger partial charge in [0.15, 0.2) is 0 Å². The van der Waals surface area contributed by atoms with Crippen LogP contribution in [-0.4, -0.2) is 9.97 Å². The monoisotopic (exact) mass is 275 g/mol. The summed E-state index contributed by atoms with van der Waals surface area (Å²) in [6.45, 7) is 4.10. The van der Waals surface area contributed by atoms with E-state index in [2.05, 4.69) is 23.8 Å². The molecule has 2 N–H and O–H groups in total. The molecular formula is C15H18ClN3. The normalized spacial score (nSPS) is 11.6. The smallest absolute Gasteiger partial charge is 0.148 e. The number of halogens is 1. The van der Waals surface area contributed by atoms with Gasteiger partial charge in [-0.2, -0.15) is 0 Å². The lowest BCUT2D eigenvalue weighted by Crippen LogP contribution is -2.37. The van der Waals surface area contributed by atoms with Gasteiger partial charge < -0.3 is 5.73 Å². The molecule has 0 aliphatic rings. The van der Waals surface area contributed by atoms with Crippen LogP contribution in [-0.2, 0) is 5.54 Å². The molecule has 2 rings (SSSR count). The zero-order chi connectivity index (χ0) is 13.9. The lowest BCUT2D eigenvalue weighted by Gasteiger charge is -2.24. The Morgan fingerprint density at radius 2 is 1.68 bits per heavy atom. The van der Waals surface area contributed by atoms with Crippen LogP contribution >= 0.6 is 11.6 Å². The maximum atomic E-state index is 6.29. The zero-order valence-corrected chi connectivity index (χ0v) is 12.0. The van der Waals surface area contributed by atoms with Crippen LogP contribution in [0.15, 0.2) is 36.7 Å². The molecule has 4 heteroatoms. The van der Waals surface area contributed by atoms with Gasteiger partial charge in [0.05, 0.1) is 5.54 Å². The lowest BCUT2D eigenvalue weighted by atomic mass is 9.93. The van der Waals surface area contributed by atoms with Gasteiger partial charge >= 0.3 is 0 Å². The van der Waals surface area contributed by atoms with E-state index in [9.17, 15) is 0 Å². The molecule has 0 atom stereocenters. The van der Waals surface area contributed by atoms with Crippen LogP contribution in [0.1, 0.15) is 32.5 Å². The summed E-state index contributed by atoms with van der Waals surface area (Å²) in [5.41, 5.74) is 7.68. The summed E-state index contributed by atoms with van der Waals surface area (Å²) in [7, 11) is 0. The van der Waals surface area contributed by atoms with Gasteiger partial charge in [-0.15, -0.1) is 0 Å². The van der Waals surface area contributed by atoms with Crippen molar-refractivity contribution in [3.8, 4) is 11.1 Å². The maximum absolute atomic E-state index is 6.29. The second-order valence-electron chi connectivity index (χ2n) is 4.64. The van der Waals surface area contributed by atoms with Crippen molar-refractivity contribution in [2.75, 3.05) is 0 Å². The molecule has 0 amide bonds. The molecule has 0 bridgehead atoms. The molecule has 3 nitrogen and oxygen atoms in total. The molecule has 0 saturated heterocycles. The first-order valence-corrected chi connectivity index (χ1v) is 6.85. The van der Waals surface area contributed by atoms with Crippen LogP contribution in [0.2, 0.25) is 5.02 Å². The van der Waals surface area contributed by atoms with Crippen LogP contribution in [0.25, 0.3) is 11.1 Å². The predicted molar refractivity (Wildman–Crippen MR) is 78.9 cm³/mol. The molecule has 0 radical (unpaired) electrons. The molecule has 0 fully saturated rings. The standard InChI is InChI=1S/C15H18ClN3/c1-3-15(17,4-2)14-18-9-11(10-19-14)12-7-5-6-8-13(12)16/h5-10H,3-4,17H2,1-2H3. The van der Waals surface area contributed by atoms with E-state index in [4.69, 9.17) is 17.3 Å². The van der Waals surface area contributed by atoms with Gasteiger partial charge in [-0.05, 0) is 18.9 Å². The molecule has 0 spiro atoms. The summed E-state index contributed by atoms with van der Waals surface area (Å²) in [6.07, 6.45) is 5.21. The number of nitrogens with zero attached hydrogens (tertiary/aromatic N) is 2. The minimum atomic E-state index is -0.445. The van der Waals surface area contributed by atoms with Crippen LogP contribution in [0.5, 0.6) is 0 Å². The third-order valence-corrected chi connectivity index (χ3v) is 3.87. The number of aromatic nitrogens is 2. The van der Waals surface area contributed by atoms with E-state index in [-0.39, 0.29) is 0 Å². The van der Waals surface area contributed by atoms with Crippen molar-refractivity contribution in [3.05, 3.63) is 47.5 Å². The quantitative estimate of drug-likeness (QED) is 0.924. The first-order chi connectivity index (χ1) is 9.10. The second kappa shape index (κ2) is 5.68. The Bertz CT molecular complexity index is 548. The number of benzene rings is 1. The highest BCUT2D eigenvalue weighted by Crippen LogP contribution is 2.28. The van der Waals surface area contributed by atoms with Crippen LogP contribution in [0.4, 0.5) is 0 Å². The summed E-state index contributed by atoms with van der Waals surface area (Å²) in [5, 5.41) is 0.698. The zero-order valence-electron chi connectivity index (χ0n) is 11.2. The summed E-state index contributed by atoms with van der Waals surface area (Å²) >= 11 is 6.16. The molecule has 0 saturated carbocycles. The molecule has 0 aliphatic heterocycles. The van der Waals surface area contributed by atoms with Crippen LogP contribution < -0.4 is 5.73 Å². The first-order valence-electron chi connectivity index (χ1n) is 6.47. The molecule has 0 unspecified atom stereocenters. The fraction of sp³-hybridized carbons (Fsp3) is 0.333. The SMILES string of the molecule is CCC(N)(CC)c1ncc(-c2ccccc2Cl)cn1. The second-order valence-corrected chi connectivity index (χ2v) is 5.05.